The Morgan fingerprint density at radius 1 is 1.05 bits per heavy atom. The molecule has 0 heterocycles. The summed E-state index contributed by atoms with van der Waals surface area (Å²) in [4.78, 5) is 22.3. The van der Waals surface area contributed by atoms with E-state index in [1.165, 1.54) is 0 Å². The molecule has 0 saturated heterocycles. The topological polar surface area (TPSA) is 78.4 Å². The van der Waals surface area contributed by atoms with Crippen molar-refractivity contribution in [3.8, 4) is 0 Å². The molecule has 2 aromatic carbocycles. The lowest BCUT2D eigenvalue weighted by Crippen LogP contribution is -2.17. The van der Waals surface area contributed by atoms with Crippen molar-refractivity contribution in [2.24, 2.45) is 0 Å². The van der Waals surface area contributed by atoms with Gasteiger partial charge in [0, 0.05) is 24.8 Å². The van der Waals surface area contributed by atoms with E-state index in [9.17, 15) is 9.59 Å². The number of hydrogen-bond donors (Lipinski definition) is 3. The van der Waals surface area contributed by atoms with Crippen LogP contribution in [-0.2, 0) is 6.54 Å². The second-order valence-corrected chi connectivity index (χ2v) is 4.52. The van der Waals surface area contributed by atoms with Crippen molar-refractivity contribution < 1.29 is 14.7 Å². The summed E-state index contributed by atoms with van der Waals surface area (Å²) in [5.74, 6) is -1.07. The summed E-state index contributed by atoms with van der Waals surface area (Å²) in [5.41, 5.74) is 2.60. The Morgan fingerprint density at radius 3 is 2.38 bits per heavy atom. The zero-order chi connectivity index (χ0) is 15.2. The van der Waals surface area contributed by atoms with Gasteiger partial charge in [0.2, 0.25) is 0 Å². The standard InChI is InChI=1S/C16H16N2O3/c1-17-15(19)12-7-5-11(6-8-12)10-18-14-4-2-3-13(9-14)16(20)21/h2-9,18H,10H2,1H3,(H,17,19)(H,20,21). The van der Waals surface area contributed by atoms with Crippen LogP contribution in [0.25, 0.3) is 0 Å². The van der Waals surface area contributed by atoms with Crippen molar-refractivity contribution in [3.05, 3.63) is 65.2 Å². The zero-order valence-electron chi connectivity index (χ0n) is 11.6. The van der Waals surface area contributed by atoms with E-state index in [4.69, 9.17) is 5.11 Å². The number of aromatic carboxylic acids is 1. The Bertz CT molecular complexity index is 651. The number of hydrogen-bond acceptors (Lipinski definition) is 3. The van der Waals surface area contributed by atoms with Crippen LogP contribution in [0.4, 0.5) is 5.69 Å². The average molecular weight is 284 g/mol. The van der Waals surface area contributed by atoms with E-state index in [-0.39, 0.29) is 11.5 Å². The molecule has 108 valence electrons. The normalized spacial score (nSPS) is 9.95. The Kier molecular flexibility index (Phi) is 4.56. The average Bonchev–Trinajstić information content (AvgIpc) is 2.53. The van der Waals surface area contributed by atoms with Crippen LogP contribution in [0.15, 0.2) is 48.5 Å². The zero-order valence-corrected chi connectivity index (χ0v) is 11.6. The Labute approximate surface area is 122 Å². The number of carboxylic acids is 1. The minimum absolute atomic E-state index is 0.122. The van der Waals surface area contributed by atoms with Crippen molar-refractivity contribution in [2.45, 2.75) is 6.54 Å². The molecule has 5 nitrogen and oxygen atoms in total. The van der Waals surface area contributed by atoms with Gasteiger partial charge in [-0.25, -0.2) is 4.79 Å². The van der Waals surface area contributed by atoms with Gasteiger partial charge in [0.1, 0.15) is 0 Å². The van der Waals surface area contributed by atoms with Gasteiger partial charge in [0.05, 0.1) is 5.56 Å². The number of anilines is 1. The molecule has 1 amide bonds. The van der Waals surface area contributed by atoms with Crippen molar-refractivity contribution in [3.63, 3.8) is 0 Å². The number of nitrogens with one attached hydrogen (secondary N) is 2. The number of carbonyl (C=O) groups is 2. The van der Waals surface area contributed by atoms with Gasteiger partial charge in [-0.1, -0.05) is 18.2 Å². The molecule has 0 fully saturated rings. The lowest BCUT2D eigenvalue weighted by molar-refractivity contribution is 0.0696. The fraction of sp³-hybridized carbons (Fsp3) is 0.125. The maximum absolute atomic E-state index is 11.4. The quantitative estimate of drug-likeness (QED) is 0.787. The summed E-state index contributed by atoms with van der Waals surface area (Å²) < 4.78 is 0. The molecule has 0 aliphatic heterocycles. The monoisotopic (exact) mass is 284 g/mol. The number of carbonyl (C=O) groups excluding carboxylic acids is 1. The first kappa shape index (κ1) is 14.6. The summed E-state index contributed by atoms with van der Waals surface area (Å²) >= 11 is 0. The molecule has 0 aromatic heterocycles. The largest absolute Gasteiger partial charge is 0.478 e. The molecule has 0 aliphatic carbocycles. The minimum atomic E-state index is -0.950. The molecule has 0 bridgehead atoms. The van der Waals surface area contributed by atoms with E-state index in [0.29, 0.717) is 12.1 Å². The van der Waals surface area contributed by atoms with Gasteiger partial charge in [0.25, 0.3) is 5.91 Å². The van der Waals surface area contributed by atoms with Crippen molar-refractivity contribution in [1.29, 1.82) is 0 Å². The van der Waals surface area contributed by atoms with E-state index < -0.39 is 5.97 Å². The minimum Gasteiger partial charge on any atom is -0.478 e. The summed E-state index contributed by atoms with van der Waals surface area (Å²) in [5, 5.41) is 14.7. The SMILES string of the molecule is CNC(=O)c1ccc(CNc2cccc(C(=O)O)c2)cc1. The van der Waals surface area contributed by atoms with Crippen LogP contribution in [0.2, 0.25) is 0 Å². The molecule has 0 aliphatic rings. The third-order valence-corrected chi connectivity index (χ3v) is 3.05. The summed E-state index contributed by atoms with van der Waals surface area (Å²) in [6.45, 7) is 0.553. The highest BCUT2D eigenvalue weighted by Gasteiger charge is 2.04. The number of carboxylic acid groups (broad SMARTS) is 1. The van der Waals surface area contributed by atoms with Crippen LogP contribution < -0.4 is 10.6 Å². The van der Waals surface area contributed by atoms with E-state index in [1.54, 1.807) is 37.4 Å². The molecule has 0 atom stereocenters. The van der Waals surface area contributed by atoms with Gasteiger partial charge in [-0.2, -0.15) is 0 Å². The lowest BCUT2D eigenvalue weighted by atomic mass is 10.1. The summed E-state index contributed by atoms with van der Waals surface area (Å²) in [6, 6.07) is 13.9. The van der Waals surface area contributed by atoms with Crippen molar-refractivity contribution in [1.82, 2.24) is 5.32 Å². The van der Waals surface area contributed by atoms with Crippen LogP contribution in [-0.4, -0.2) is 24.0 Å². The Balaban J connectivity index is 2.01. The van der Waals surface area contributed by atoms with Crippen LogP contribution in [0.3, 0.4) is 0 Å². The second kappa shape index (κ2) is 6.56. The number of benzene rings is 2. The van der Waals surface area contributed by atoms with Gasteiger partial charge in [-0.3, -0.25) is 4.79 Å². The van der Waals surface area contributed by atoms with E-state index in [2.05, 4.69) is 10.6 Å². The van der Waals surface area contributed by atoms with Crippen molar-refractivity contribution >= 4 is 17.6 Å². The maximum atomic E-state index is 11.4. The highest BCUT2D eigenvalue weighted by molar-refractivity contribution is 5.94. The van der Waals surface area contributed by atoms with Gasteiger partial charge >= 0.3 is 5.97 Å². The summed E-state index contributed by atoms with van der Waals surface area (Å²) in [6.07, 6.45) is 0. The third kappa shape index (κ3) is 3.82. The van der Waals surface area contributed by atoms with Gasteiger partial charge in [-0.15, -0.1) is 0 Å². The third-order valence-electron chi connectivity index (χ3n) is 3.05. The molecular weight excluding hydrogens is 268 g/mol. The van der Waals surface area contributed by atoms with Crippen LogP contribution in [0.5, 0.6) is 0 Å². The predicted octanol–water partition coefficient (Wildman–Crippen LogP) is 2.36. The molecule has 0 saturated carbocycles. The molecule has 2 aromatic rings. The fourth-order valence-electron chi connectivity index (χ4n) is 1.88. The van der Waals surface area contributed by atoms with Crippen LogP contribution >= 0.6 is 0 Å². The van der Waals surface area contributed by atoms with Gasteiger partial charge in [0.15, 0.2) is 0 Å². The summed E-state index contributed by atoms with van der Waals surface area (Å²) in [7, 11) is 1.59. The maximum Gasteiger partial charge on any atom is 0.335 e. The van der Waals surface area contributed by atoms with Gasteiger partial charge < -0.3 is 15.7 Å². The molecule has 2 rings (SSSR count). The van der Waals surface area contributed by atoms with Gasteiger partial charge in [-0.05, 0) is 35.9 Å². The first-order valence-electron chi connectivity index (χ1n) is 6.48. The molecule has 0 radical (unpaired) electrons. The predicted molar refractivity (Wildman–Crippen MR) is 80.6 cm³/mol. The highest BCUT2D eigenvalue weighted by atomic mass is 16.4. The highest BCUT2D eigenvalue weighted by Crippen LogP contribution is 2.13. The van der Waals surface area contributed by atoms with E-state index >= 15 is 0 Å². The molecule has 0 spiro atoms. The van der Waals surface area contributed by atoms with Crippen molar-refractivity contribution in [2.75, 3.05) is 12.4 Å². The molecule has 5 heteroatoms. The smallest absolute Gasteiger partial charge is 0.335 e. The van der Waals surface area contributed by atoms with E-state index in [0.717, 1.165) is 11.3 Å². The second-order valence-electron chi connectivity index (χ2n) is 4.52. The molecular formula is C16H16N2O3. The molecule has 21 heavy (non-hydrogen) atoms. The van der Waals surface area contributed by atoms with Crippen LogP contribution in [0, 0.1) is 0 Å². The lowest BCUT2D eigenvalue weighted by Gasteiger charge is -2.08. The molecule has 3 N–H and O–H groups in total. The Hall–Kier alpha value is -2.82. The first-order chi connectivity index (χ1) is 10.1. The van der Waals surface area contributed by atoms with E-state index in [1.807, 2.05) is 18.2 Å². The number of amides is 1. The molecule has 0 unspecified atom stereocenters. The first-order valence-corrected chi connectivity index (χ1v) is 6.48. The Morgan fingerprint density at radius 2 is 1.76 bits per heavy atom. The van der Waals surface area contributed by atoms with Crippen LogP contribution in [0.1, 0.15) is 26.3 Å². The number of rotatable bonds is 5. The fourth-order valence-corrected chi connectivity index (χ4v) is 1.88.